The average molecular weight is 346 g/mol. The maximum Gasteiger partial charge on any atom is 0.185 e. The molecule has 0 saturated heterocycles. The number of anilines is 2. The predicted molar refractivity (Wildman–Crippen MR) is 100 cm³/mol. The molecule has 3 aromatic rings. The predicted octanol–water partition coefficient (Wildman–Crippen LogP) is 4.03. The molecule has 1 heterocycles. The van der Waals surface area contributed by atoms with Gasteiger partial charge in [-0.05, 0) is 37.5 Å². The molecular weight excluding hydrogens is 328 g/mol. The van der Waals surface area contributed by atoms with Crippen LogP contribution < -0.4 is 5.32 Å². The topological polar surface area (TPSA) is 90.6 Å². The second-order valence-corrected chi connectivity index (χ2v) is 6.33. The molecule has 1 aliphatic carbocycles. The van der Waals surface area contributed by atoms with E-state index in [9.17, 15) is 5.11 Å². The SMILES string of the molecule is Cc1ccc(-c2ncnc(Nc3ccc4c(c3)CCC4=NO)c2O)cc1. The summed E-state index contributed by atoms with van der Waals surface area (Å²) in [7, 11) is 0. The molecule has 3 N–H and O–H groups in total. The van der Waals surface area contributed by atoms with Crippen LogP contribution >= 0.6 is 0 Å². The number of aromatic nitrogens is 2. The third kappa shape index (κ3) is 2.86. The van der Waals surface area contributed by atoms with Crippen LogP contribution in [0.15, 0.2) is 53.9 Å². The summed E-state index contributed by atoms with van der Waals surface area (Å²) >= 11 is 0. The van der Waals surface area contributed by atoms with Crippen molar-refractivity contribution < 1.29 is 10.3 Å². The summed E-state index contributed by atoms with van der Waals surface area (Å²) < 4.78 is 0. The van der Waals surface area contributed by atoms with Crippen LogP contribution in [-0.4, -0.2) is 26.0 Å². The number of fused-ring (bicyclic) bond motifs is 1. The van der Waals surface area contributed by atoms with Crippen LogP contribution in [-0.2, 0) is 6.42 Å². The monoisotopic (exact) mass is 346 g/mol. The van der Waals surface area contributed by atoms with E-state index >= 15 is 0 Å². The van der Waals surface area contributed by atoms with E-state index in [2.05, 4.69) is 20.4 Å². The van der Waals surface area contributed by atoms with E-state index in [0.29, 0.717) is 17.2 Å². The lowest BCUT2D eigenvalue weighted by Gasteiger charge is -2.11. The Balaban J connectivity index is 1.65. The van der Waals surface area contributed by atoms with Gasteiger partial charge in [0.15, 0.2) is 11.6 Å². The number of hydrogen-bond donors (Lipinski definition) is 3. The Morgan fingerprint density at radius 2 is 1.85 bits per heavy atom. The largest absolute Gasteiger partial charge is 0.503 e. The van der Waals surface area contributed by atoms with Gasteiger partial charge in [-0.1, -0.05) is 41.1 Å². The third-order valence-electron chi connectivity index (χ3n) is 4.58. The Labute approximate surface area is 150 Å². The first-order valence-electron chi connectivity index (χ1n) is 8.38. The molecule has 0 fully saturated rings. The number of hydrogen-bond acceptors (Lipinski definition) is 6. The fourth-order valence-electron chi connectivity index (χ4n) is 3.18. The van der Waals surface area contributed by atoms with Gasteiger partial charge in [0.05, 0.1) is 5.71 Å². The van der Waals surface area contributed by atoms with E-state index in [1.165, 1.54) is 6.33 Å². The highest BCUT2D eigenvalue weighted by atomic mass is 16.4. The summed E-state index contributed by atoms with van der Waals surface area (Å²) in [4.78, 5) is 8.38. The van der Waals surface area contributed by atoms with Crippen molar-refractivity contribution in [2.24, 2.45) is 5.16 Å². The molecule has 1 aromatic heterocycles. The van der Waals surface area contributed by atoms with Gasteiger partial charge in [-0.3, -0.25) is 0 Å². The van der Waals surface area contributed by atoms with Crippen molar-refractivity contribution in [2.45, 2.75) is 19.8 Å². The van der Waals surface area contributed by atoms with E-state index in [0.717, 1.165) is 40.8 Å². The molecule has 0 unspecified atom stereocenters. The summed E-state index contributed by atoms with van der Waals surface area (Å²) in [6.45, 7) is 2.01. The Bertz CT molecular complexity index is 997. The molecular formula is C20H18N4O2. The smallest absolute Gasteiger partial charge is 0.185 e. The quantitative estimate of drug-likeness (QED) is 0.492. The van der Waals surface area contributed by atoms with Crippen LogP contribution in [0.25, 0.3) is 11.3 Å². The highest BCUT2D eigenvalue weighted by Gasteiger charge is 2.19. The molecule has 6 heteroatoms. The molecule has 0 spiro atoms. The van der Waals surface area contributed by atoms with E-state index in [1.807, 2.05) is 49.4 Å². The Kier molecular flexibility index (Phi) is 4.01. The number of rotatable bonds is 3. The lowest BCUT2D eigenvalue weighted by atomic mass is 10.1. The fraction of sp³-hybridized carbons (Fsp3) is 0.150. The minimum atomic E-state index is 0.00876. The van der Waals surface area contributed by atoms with Crippen molar-refractivity contribution in [3.63, 3.8) is 0 Å². The average Bonchev–Trinajstić information content (AvgIpc) is 3.07. The minimum absolute atomic E-state index is 0.00876. The van der Waals surface area contributed by atoms with Crippen molar-refractivity contribution >= 4 is 17.2 Å². The van der Waals surface area contributed by atoms with Crippen molar-refractivity contribution in [1.29, 1.82) is 0 Å². The molecule has 130 valence electrons. The van der Waals surface area contributed by atoms with Crippen LogP contribution in [0.5, 0.6) is 5.75 Å². The zero-order valence-corrected chi connectivity index (χ0v) is 14.3. The molecule has 6 nitrogen and oxygen atoms in total. The lowest BCUT2D eigenvalue weighted by Crippen LogP contribution is -1.99. The van der Waals surface area contributed by atoms with Crippen molar-refractivity contribution in [3.05, 3.63) is 65.5 Å². The second kappa shape index (κ2) is 6.48. The molecule has 26 heavy (non-hydrogen) atoms. The van der Waals surface area contributed by atoms with Gasteiger partial charge >= 0.3 is 0 Å². The Morgan fingerprint density at radius 1 is 1.04 bits per heavy atom. The van der Waals surface area contributed by atoms with Gasteiger partial charge in [-0.15, -0.1) is 0 Å². The normalized spacial score (nSPS) is 14.4. The van der Waals surface area contributed by atoms with E-state index in [1.54, 1.807) is 0 Å². The molecule has 0 radical (unpaired) electrons. The third-order valence-corrected chi connectivity index (χ3v) is 4.58. The maximum atomic E-state index is 10.6. The first kappa shape index (κ1) is 16.1. The van der Waals surface area contributed by atoms with Crippen LogP contribution in [0.4, 0.5) is 11.5 Å². The van der Waals surface area contributed by atoms with E-state index in [-0.39, 0.29) is 5.75 Å². The number of nitrogens with zero attached hydrogens (tertiary/aromatic N) is 3. The molecule has 0 saturated carbocycles. The van der Waals surface area contributed by atoms with Gasteiger partial charge in [0.2, 0.25) is 0 Å². The van der Waals surface area contributed by atoms with Crippen molar-refractivity contribution in [2.75, 3.05) is 5.32 Å². The van der Waals surface area contributed by atoms with Gasteiger partial charge in [-0.2, -0.15) is 0 Å². The zero-order chi connectivity index (χ0) is 18.1. The van der Waals surface area contributed by atoms with E-state index in [4.69, 9.17) is 5.21 Å². The van der Waals surface area contributed by atoms with Crippen LogP contribution in [0, 0.1) is 6.92 Å². The van der Waals surface area contributed by atoms with Gasteiger partial charge in [0.25, 0.3) is 0 Å². The number of aryl methyl sites for hydroxylation is 2. The number of nitrogens with one attached hydrogen (secondary N) is 1. The van der Waals surface area contributed by atoms with Gasteiger partial charge in [0.1, 0.15) is 12.0 Å². The number of oxime groups is 1. The van der Waals surface area contributed by atoms with Crippen LogP contribution in [0.1, 0.15) is 23.1 Å². The first-order chi connectivity index (χ1) is 12.7. The molecule has 4 rings (SSSR count). The first-order valence-corrected chi connectivity index (χ1v) is 8.38. The maximum absolute atomic E-state index is 10.6. The molecule has 2 aromatic carbocycles. The Hall–Kier alpha value is -3.41. The van der Waals surface area contributed by atoms with E-state index < -0.39 is 0 Å². The lowest BCUT2D eigenvalue weighted by molar-refractivity contribution is 0.318. The van der Waals surface area contributed by atoms with Crippen molar-refractivity contribution in [1.82, 2.24) is 9.97 Å². The highest BCUT2D eigenvalue weighted by molar-refractivity contribution is 6.04. The standard InChI is InChI=1S/C20H18N4O2/c1-12-2-4-13(5-3-12)18-19(25)20(22-11-21-18)23-15-7-8-16-14(10-15)6-9-17(16)24-26/h2-5,7-8,10-11,25-26H,6,9H2,1H3,(H,21,22,23). The van der Waals surface area contributed by atoms with Crippen molar-refractivity contribution in [3.8, 4) is 17.0 Å². The Morgan fingerprint density at radius 3 is 2.62 bits per heavy atom. The minimum Gasteiger partial charge on any atom is -0.503 e. The van der Waals surface area contributed by atoms with Gasteiger partial charge < -0.3 is 15.6 Å². The second-order valence-electron chi connectivity index (χ2n) is 6.33. The molecule has 0 atom stereocenters. The van der Waals surface area contributed by atoms with Gasteiger partial charge in [-0.25, -0.2) is 9.97 Å². The molecule has 1 aliphatic rings. The summed E-state index contributed by atoms with van der Waals surface area (Å²) in [6, 6.07) is 13.6. The zero-order valence-electron chi connectivity index (χ0n) is 14.3. The number of benzene rings is 2. The molecule has 0 amide bonds. The molecule has 0 aliphatic heterocycles. The van der Waals surface area contributed by atoms with Gasteiger partial charge in [0, 0.05) is 16.8 Å². The van der Waals surface area contributed by atoms with Crippen LogP contribution in [0.2, 0.25) is 0 Å². The summed E-state index contributed by atoms with van der Waals surface area (Å²) in [5.74, 6) is 0.360. The fourth-order valence-corrected chi connectivity index (χ4v) is 3.18. The molecule has 0 bridgehead atoms. The highest BCUT2D eigenvalue weighted by Crippen LogP contribution is 2.34. The number of aromatic hydroxyl groups is 1. The summed E-state index contributed by atoms with van der Waals surface area (Å²) in [5.41, 5.74) is 6.05. The van der Waals surface area contributed by atoms with Crippen LogP contribution in [0.3, 0.4) is 0 Å². The summed E-state index contributed by atoms with van der Waals surface area (Å²) in [5, 5.41) is 26.1. The summed E-state index contributed by atoms with van der Waals surface area (Å²) in [6.07, 6.45) is 2.99.